The van der Waals surface area contributed by atoms with Crippen LogP contribution in [0.2, 0.25) is 0 Å². The summed E-state index contributed by atoms with van der Waals surface area (Å²) < 4.78 is 0. The van der Waals surface area contributed by atoms with Crippen LogP contribution in [0.1, 0.15) is 10.9 Å². The van der Waals surface area contributed by atoms with Crippen molar-refractivity contribution >= 4 is 28.3 Å². The Bertz CT molecular complexity index is 510. The van der Waals surface area contributed by atoms with E-state index in [9.17, 15) is 4.79 Å². The number of primary amides is 1. The monoisotopic (exact) mass is 219 g/mol. The van der Waals surface area contributed by atoms with Crippen molar-refractivity contribution in [3.63, 3.8) is 0 Å². The number of hydrogen-bond acceptors (Lipinski definition) is 1. The summed E-state index contributed by atoms with van der Waals surface area (Å²) in [5, 5.41) is 1.42. The minimum Gasteiger partial charge on any atom is -0.368 e. The molecule has 0 aromatic heterocycles. The molecule has 0 saturated carbocycles. The van der Waals surface area contributed by atoms with Gasteiger partial charge in [-0.3, -0.25) is 4.79 Å². The lowest BCUT2D eigenvalue weighted by Gasteiger charge is -2.06. The Balaban J connectivity index is 2.51. The van der Waals surface area contributed by atoms with Gasteiger partial charge in [-0.1, -0.05) is 36.4 Å². The smallest absolute Gasteiger partial charge is 0.240 e. The van der Waals surface area contributed by atoms with E-state index in [4.69, 9.17) is 17.3 Å². The quantitative estimate of drug-likeness (QED) is 0.776. The van der Waals surface area contributed by atoms with E-state index in [1.54, 1.807) is 0 Å². The van der Waals surface area contributed by atoms with E-state index in [2.05, 4.69) is 0 Å². The number of benzene rings is 2. The van der Waals surface area contributed by atoms with Crippen molar-refractivity contribution in [2.45, 2.75) is 5.38 Å². The second-order valence-electron chi connectivity index (χ2n) is 3.37. The Hall–Kier alpha value is -1.54. The van der Waals surface area contributed by atoms with Crippen molar-refractivity contribution in [3.05, 3.63) is 48.0 Å². The number of rotatable bonds is 2. The Morgan fingerprint density at radius 3 is 2.47 bits per heavy atom. The third kappa shape index (κ3) is 1.95. The number of fused-ring (bicyclic) bond motifs is 1. The molecule has 0 aliphatic heterocycles. The molecule has 1 amide bonds. The Morgan fingerprint density at radius 2 is 1.80 bits per heavy atom. The van der Waals surface area contributed by atoms with Crippen molar-refractivity contribution in [3.8, 4) is 0 Å². The third-order valence-electron chi connectivity index (χ3n) is 2.32. The summed E-state index contributed by atoms with van der Waals surface area (Å²) in [6.07, 6.45) is 0. The minimum absolute atomic E-state index is 0.521. The maximum Gasteiger partial charge on any atom is 0.240 e. The van der Waals surface area contributed by atoms with E-state index < -0.39 is 11.3 Å². The molecule has 2 nitrogen and oxygen atoms in total. The molecular formula is C12H10ClNO. The average Bonchev–Trinajstić information content (AvgIpc) is 2.27. The standard InChI is InChI=1S/C12H10ClNO/c13-11(12(14)15)10-6-5-8-3-1-2-4-9(8)7-10/h1-7,11H,(H2,14,15). The predicted octanol–water partition coefficient (Wildman–Crippen LogP) is 2.61. The molecule has 2 N–H and O–H groups in total. The van der Waals surface area contributed by atoms with E-state index in [1.807, 2.05) is 42.5 Å². The molecule has 0 aliphatic rings. The molecule has 1 atom stereocenters. The van der Waals surface area contributed by atoms with Gasteiger partial charge in [0.1, 0.15) is 5.38 Å². The zero-order valence-electron chi connectivity index (χ0n) is 7.98. The molecule has 2 aromatic carbocycles. The van der Waals surface area contributed by atoms with Crippen molar-refractivity contribution in [2.75, 3.05) is 0 Å². The van der Waals surface area contributed by atoms with Crippen molar-refractivity contribution < 1.29 is 4.79 Å². The third-order valence-corrected chi connectivity index (χ3v) is 2.78. The van der Waals surface area contributed by atoms with Gasteiger partial charge in [0.25, 0.3) is 0 Å². The van der Waals surface area contributed by atoms with Gasteiger partial charge in [-0.2, -0.15) is 0 Å². The van der Waals surface area contributed by atoms with Crippen LogP contribution in [0.4, 0.5) is 0 Å². The van der Waals surface area contributed by atoms with E-state index in [0.717, 1.165) is 16.3 Å². The first-order valence-electron chi connectivity index (χ1n) is 4.60. The minimum atomic E-state index is -0.755. The van der Waals surface area contributed by atoms with E-state index >= 15 is 0 Å². The second kappa shape index (κ2) is 3.91. The molecule has 0 radical (unpaired) electrons. The average molecular weight is 220 g/mol. The molecule has 0 spiro atoms. The first-order chi connectivity index (χ1) is 7.18. The molecule has 0 bridgehead atoms. The van der Waals surface area contributed by atoms with Crippen LogP contribution in [-0.2, 0) is 4.79 Å². The number of halogens is 1. The first-order valence-corrected chi connectivity index (χ1v) is 5.04. The maximum atomic E-state index is 10.9. The number of nitrogens with two attached hydrogens (primary N) is 1. The van der Waals surface area contributed by atoms with Crippen LogP contribution in [0.5, 0.6) is 0 Å². The summed E-state index contributed by atoms with van der Waals surface area (Å²) in [6, 6.07) is 13.5. The van der Waals surface area contributed by atoms with Gasteiger partial charge < -0.3 is 5.73 Å². The van der Waals surface area contributed by atoms with Gasteiger partial charge in [-0.05, 0) is 22.4 Å². The number of hydrogen-bond donors (Lipinski definition) is 1. The first kappa shape index (κ1) is 9.99. The lowest BCUT2D eigenvalue weighted by Crippen LogP contribution is -2.16. The SMILES string of the molecule is NC(=O)C(Cl)c1ccc2ccccc2c1. The molecule has 3 heteroatoms. The zero-order chi connectivity index (χ0) is 10.8. The highest BCUT2D eigenvalue weighted by Gasteiger charge is 2.13. The highest BCUT2D eigenvalue weighted by Crippen LogP contribution is 2.24. The van der Waals surface area contributed by atoms with Crippen LogP contribution >= 0.6 is 11.6 Å². The van der Waals surface area contributed by atoms with E-state index in [1.165, 1.54) is 0 Å². The van der Waals surface area contributed by atoms with Crippen molar-refractivity contribution in [1.29, 1.82) is 0 Å². The normalized spacial score (nSPS) is 12.6. The Morgan fingerprint density at radius 1 is 1.13 bits per heavy atom. The molecule has 0 fully saturated rings. The summed E-state index contributed by atoms with van der Waals surface area (Å²) in [7, 11) is 0. The predicted molar refractivity (Wildman–Crippen MR) is 61.7 cm³/mol. The topological polar surface area (TPSA) is 43.1 Å². The molecular weight excluding hydrogens is 210 g/mol. The lowest BCUT2D eigenvalue weighted by atomic mass is 10.0. The van der Waals surface area contributed by atoms with E-state index in [-0.39, 0.29) is 0 Å². The van der Waals surface area contributed by atoms with Crippen molar-refractivity contribution in [1.82, 2.24) is 0 Å². The summed E-state index contributed by atoms with van der Waals surface area (Å²) in [6.45, 7) is 0. The molecule has 76 valence electrons. The fraction of sp³-hybridized carbons (Fsp3) is 0.0833. The number of alkyl halides is 1. The Kier molecular flexibility index (Phi) is 2.60. The Labute approximate surface area is 92.6 Å². The van der Waals surface area contributed by atoms with Gasteiger partial charge in [-0.25, -0.2) is 0 Å². The largest absolute Gasteiger partial charge is 0.368 e. The fourth-order valence-corrected chi connectivity index (χ4v) is 1.67. The molecule has 2 rings (SSSR count). The molecule has 1 unspecified atom stereocenters. The summed E-state index contributed by atoms with van der Waals surface area (Å²) in [5.74, 6) is -0.521. The van der Waals surface area contributed by atoms with Gasteiger partial charge in [0.15, 0.2) is 0 Å². The summed E-state index contributed by atoms with van der Waals surface area (Å²) >= 11 is 5.87. The van der Waals surface area contributed by atoms with Crippen LogP contribution < -0.4 is 5.73 Å². The van der Waals surface area contributed by atoms with Crippen LogP contribution in [0.25, 0.3) is 10.8 Å². The van der Waals surface area contributed by atoms with Crippen LogP contribution in [0.15, 0.2) is 42.5 Å². The fourth-order valence-electron chi connectivity index (χ4n) is 1.53. The van der Waals surface area contributed by atoms with Gasteiger partial charge in [0.2, 0.25) is 5.91 Å². The number of carbonyl (C=O) groups is 1. The van der Waals surface area contributed by atoms with Gasteiger partial charge in [0.05, 0.1) is 0 Å². The van der Waals surface area contributed by atoms with Crippen LogP contribution in [0, 0.1) is 0 Å². The van der Waals surface area contributed by atoms with Crippen LogP contribution in [0.3, 0.4) is 0 Å². The molecule has 0 heterocycles. The van der Waals surface area contributed by atoms with Crippen molar-refractivity contribution in [2.24, 2.45) is 5.73 Å². The van der Waals surface area contributed by atoms with Gasteiger partial charge in [-0.15, -0.1) is 11.6 Å². The van der Waals surface area contributed by atoms with E-state index in [0.29, 0.717) is 0 Å². The molecule has 15 heavy (non-hydrogen) atoms. The summed E-state index contributed by atoms with van der Waals surface area (Å²) in [4.78, 5) is 10.9. The van der Waals surface area contributed by atoms with Gasteiger partial charge in [0, 0.05) is 0 Å². The lowest BCUT2D eigenvalue weighted by molar-refractivity contribution is -0.117. The molecule has 0 saturated heterocycles. The summed E-state index contributed by atoms with van der Waals surface area (Å²) in [5.41, 5.74) is 5.88. The zero-order valence-corrected chi connectivity index (χ0v) is 8.74. The van der Waals surface area contributed by atoms with Gasteiger partial charge >= 0.3 is 0 Å². The highest BCUT2D eigenvalue weighted by molar-refractivity contribution is 6.30. The van der Waals surface area contributed by atoms with Crippen LogP contribution in [-0.4, -0.2) is 5.91 Å². The number of amides is 1. The molecule has 2 aromatic rings. The maximum absolute atomic E-state index is 10.9. The highest BCUT2D eigenvalue weighted by atomic mass is 35.5. The number of carbonyl (C=O) groups excluding carboxylic acids is 1. The molecule has 0 aliphatic carbocycles. The second-order valence-corrected chi connectivity index (χ2v) is 3.81.